The molecule has 0 saturated carbocycles. The Hall–Kier alpha value is -1.56. The van der Waals surface area contributed by atoms with Crippen molar-refractivity contribution in [2.75, 3.05) is 0 Å². The van der Waals surface area contributed by atoms with Gasteiger partial charge in [0.05, 0.1) is 0 Å². The Balaban J connectivity index is 0.000000711. The van der Waals surface area contributed by atoms with Crippen LogP contribution in [0, 0.1) is 6.92 Å². The third-order valence-electron chi connectivity index (χ3n) is 2.16. The zero-order valence-electron chi connectivity index (χ0n) is 9.70. The molecule has 0 unspecified atom stereocenters. The molecule has 0 aromatic heterocycles. The van der Waals surface area contributed by atoms with Crippen molar-refractivity contribution in [3.05, 3.63) is 60.2 Å². The molecule has 0 N–H and O–H groups in total. The first-order valence-corrected chi connectivity index (χ1v) is 5.48. The number of benzene rings is 2. The van der Waals surface area contributed by atoms with Crippen LogP contribution in [0.3, 0.4) is 0 Å². The molecule has 0 radical (unpaired) electrons. The summed E-state index contributed by atoms with van der Waals surface area (Å²) >= 11 is 0. The van der Waals surface area contributed by atoms with Crippen LogP contribution in [0.15, 0.2) is 54.6 Å². The molecule has 86 valence electrons. The second-order valence-electron chi connectivity index (χ2n) is 3.23. The van der Waals surface area contributed by atoms with E-state index < -0.39 is 0 Å². The largest absolute Gasteiger partial charge is 0.0776 e. The normalized spacial score (nSPS) is 8.44. The second-order valence-corrected chi connectivity index (χ2v) is 3.23. The molecule has 2 aromatic carbocycles. The predicted octanol–water partition coefficient (Wildman–Crippen LogP) is 5.32. The van der Waals surface area contributed by atoms with Crippen LogP contribution in [0.5, 0.6) is 0 Å². The molecule has 16 heavy (non-hydrogen) atoms. The Morgan fingerprint density at radius 1 is 0.625 bits per heavy atom. The molecule has 0 aliphatic carbocycles. The summed E-state index contributed by atoms with van der Waals surface area (Å²) in [7, 11) is 0. The van der Waals surface area contributed by atoms with Crippen molar-refractivity contribution in [1.29, 1.82) is 0 Å². The SMILES string of the molecule is C.CC.Cc1ccc(-c2ccccc2)cc1. The summed E-state index contributed by atoms with van der Waals surface area (Å²) in [6, 6.07) is 19.0. The van der Waals surface area contributed by atoms with Gasteiger partial charge in [-0.05, 0) is 18.1 Å². The van der Waals surface area contributed by atoms with Crippen LogP contribution >= 0.6 is 0 Å². The summed E-state index contributed by atoms with van der Waals surface area (Å²) in [6.07, 6.45) is 0. The van der Waals surface area contributed by atoms with Gasteiger partial charge in [-0.2, -0.15) is 0 Å². The number of rotatable bonds is 1. The smallest absolute Gasteiger partial charge is 0.0184 e. The summed E-state index contributed by atoms with van der Waals surface area (Å²) in [5.74, 6) is 0. The maximum absolute atomic E-state index is 2.16. The monoisotopic (exact) mass is 214 g/mol. The second kappa shape index (κ2) is 7.70. The molecule has 2 rings (SSSR count). The lowest BCUT2D eigenvalue weighted by atomic mass is 10.0. The fourth-order valence-corrected chi connectivity index (χ4v) is 1.38. The van der Waals surface area contributed by atoms with E-state index in [2.05, 4.69) is 55.5 Å². The molecule has 0 aliphatic rings. The topological polar surface area (TPSA) is 0 Å². The number of hydrogen-bond acceptors (Lipinski definition) is 0. The minimum absolute atomic E-state index is 0. The van der Waals surface area contributed by atoms with Crippen molar-refractivity contribution < 1.29 is 0 Å². The van der Waals surface area contributed by atoms with Crippen molar-refractivity contribution in [3.8, 4) is 11.1 Å². The van der Waals surface area contributed by atoms with E-state index >= 15 is 0 Å². The molecule has 0 amide bonds. The van der Waals surface area contributed by atoms with Gasteiger partial charge < -0.3 is 0 Å². The maximum Gasteiger partial charge on any atom is -0.0184 e. The van der Waals surface area contributed by atoms with Gasteiger partial charge in [-0.3, -0.25) is 0 Å². The predicted molar refractivity (Wildman–Crippen MR) is 74.7 cm³/mol. The van der Waals surface area contributed by atoms with E-state index in [0.717, 1.165) is 0 Å². The van der Waals surface area contributed by atoms with Gasteiger partial charge in [-0.25, -0.2) is 0 Å². The van der Waals surface area contributed by atoms with Gasteiger partial charge >= 0.3 is 0 Å². The van der Waals surface area contributed by atoms with Crippen LogP contribution in [-0.2, 0) is 0 Å². The van der Waals surface area contributed by atoms with Crippen LogP contribution in [0.2, 0.25) is 0 Å². The van der Waals surface area contributed by atoms with E-state index in [9.17, 15) is 0 Å². The Kier molecular flexibility index (Phi) is 6.95. The van der Waals surface area contributed by atoms with Gasteiger partial charge in [-0.1, -0.05) is 81.4 Å². The van der Waals surface area contributed by atoms with E-state index in [-0.39, 0.29) is 7.43 Å². The van der Waals surface area contributed by atoms with Crippen LogP contribution < -0.4 is 0 Å². The van der Waals surface area contributed by atoms with E-state index in [1.165, 1.54) is 16.7 Å². The minimum atomic E-state index is 0. The van der Waals surface area contributed by atoms with Gasteiger partial charge in [0, 0.05) is 0 Å². The van der Waals surface area contributed by atoms with E-state index in [1.54, 1.807) is 0 Å². The highest BCUT2D eigenvalue weighted by Gasteiger charge is 1.93. The first-order valence-electron chi connectivity index (χ1n) is 5.48. The molecule has 0 saturated heterocycles. The van der Waals surface area contributed by atoms with Crippen molar-refractivity contribution in [2.45, 2.75) is 28.2 Å². The van der Waals surface area contributed by atoms with Gasteiger partial charge in [0.1, 0.15) is 0 Å². The van der Waals surface area contributed by atoms with Crippen molar-refractivity contribution in [1.82, 2.24) is 0 Å². The quantitative estimate of drug-likeness (QED) is 0.602. The van der Waals surface area contributed by atoms with Crippen LogP contribution in [0.25, 0.3) is 11.1 Å². The first-order chi connectivity index (χ1) is 7.36. The number of hydrogen-bond donors (Lipinski definition) is 0. The van der Waals surface area contributed by atoms with E-state index in [4.69, 9.17) is 0 Å². The molecule has 0 fully saturated rings. The summed E-state index contributed by atoms with van der Waals surface area (Å²) in [6.45, 7) is 6.11. The summed E-state index contributed by atoms with van der Waals surface area (Å²) in [5, 5.41) is 0. The van der Waals surface area contributed by atoms with Gasteiger partial charge in [0.15, 0.2) is 0 Å². The lowest BCUT2D eigenvalue weighted by Gasteiger charge is -2.00. The van der Waals surface area contributed by atoms with Crippen molar-refractivity contribution in [2.24, 2.45) is 0 Å². The Morgan fingerprint density at radius 3 is 1.56 bits per heavy atom. The average molecular weight is 214 g/mol. The molecular formula is C16H22. The Labute approximate surface area is 100.0 Å². The third-order valence-corrected chi connectivity index (χ3v) is 2.16. The Bertz CT molecular complexity index is 371. The summed E-state index contributed by atoms with van der Waals surface area (Å²) < 4.78 is 0. The zero-order chi connectivity index (χ0) is 11.1. The maximum atomic E-state index is 2.16. The minimum Gasteiger partial charge on any atom is -0.0776 e. The van der Waals surface area contributed by atoms with E-state index in [0.29, 0.717) is 0 Å². The first kappa shape index (κ1) is 14.4. The highest BCUT2D eigenvalue weighted by molar-refractivity contribution is 5.63. The zero-order valence-corrected chi connectivity index (χ0v) is 9.70. The molecule has 0 bridgehead atoms. The number of aryl methyl sites for hydroxylation is 1. The molecule has 0 aliphatic heterocycles. The molecule has 0 nitrogen and oxygen atoms in total. The molecular weight excluding hydrogens is 192 g/mol. The van der Waals surface area contributed by atoms with Gasteiger partial charge in [-0.15, -0.1) is 0 Å². The molecule has 2 aromatic rings. The van der Waals surface area contributed by atoms with Crippen LogP contribution in [-0.4, -0.2) is 0 Å². The lowest BCUT2D eigenvalue weighted by molar-refractivity contribution is 1.47. The molecule has 0 atom stereocenters. The Morgan fingerprint density at radius 2 is 1.06 bits per heavy atom. The van der Waals surface area contributed by atoms with Crippen LogP contribution in [0.4, 0.5) is 0 Å². The highest BCUT2D eigenvalue weighted by atomic mass is 14.0. The van der Waals surface area contributed by atoms with Gasteiger partial charge in [0.25, 0.3) is 0 Å². The highest BCUT2D eigenvalue weighted by Crippen LogP contribution is 2.18. The standard InChI is InChI=1S/C13H12.C2H6.CH4/c1-11-7-9-13(10-8-11)12-5-3-2-4-6-12;1-2;/h2-10H,1H3;1-2H3;1H4. The molecule has 0 heteroatoms. The van der Waals surface area contributed by atoms with Crippen LogP contribution in [0.1, 0.15) is 26.8 Å². The fourth-order valence-electron chi connectivity index (χ4n) is 1.38. The van der Waals surface area contributed by atoms with Crippen molar-refractivity contribution >= 4 is 0 Å². The van der Waals surface area contributed by atoms with Crippen molar-refractivity contribution in [3.63, 3.8) is 0 Å². The fraction of sp³-hybridized carbons (Fsp3) is 0.250. The third kappa shape index (κ3) is 3.90. The summed E-state index contributed by atoms with van der Waals surface area (Å²) in [5.41, 5.74) is 3.87. The van der Waals surface area contributed by atoms with E-state index in [1.807, 2.05) is 19.9 Å². The molecule has 0 spiro atoms. The summed E-state index contributed by atoms with van der Waals surface area (Å²) in [4.78, 5) is 0. The lowest BCUT2D eigenvalue weighted by Crippen LogP contribution is -1.76. The van der Waals surface area contributed by atoms with Gasteiger partial charge in [0.2, 0.25) is 0 Å². The molecule has 0 heterocycles. The average Bonchev–Trinajstić information content (AvgIpc) is 2.34.